The molecule has 0 spiro atoms. The van der Waals surface area contributed by atoms with E-state index in [0.717, 1.165) is 41.2 Å². The van der Waals surface area contributed by atoms with Gasteiger partial charge >= 0.3 is 0 Å². The van der Waals surface area contributed by atoms with Crippen LogP contribution >= 0.6 is 15.9 Å². The van der Waals surface area contributed by atoms with Gasteiger partial charge in [0.05, 0.1) is 5.56 Å². The van der Waals surface area contributed by atoms with Gasteiger partial charge in [0.25, 0.3) is 5.91 Å². The van der Waals surface area contributed by atoms with Gasteiger partial charge in [0.15, 0.2) is 0 Å². The molecule has 2 fully saturated rings. The number of nitrogens with zero attached hydrogens (tertiary/aromatic N) is 1. The number of rotatable bonds is 3. The Morgan fingerprint density at radius 2 is 2.16 bits per heavy atom. The zero-order chi connectivity index (χ0) is 13.4. The minimum atomic E-state index is 0.0400. The largest absolute Gasteiger partial charge is 0.348 e. The van der Waals surface area contributed by atoms with Crippen molar-refractivity contribution in [3.05, 3.63) is 33.8 Å². The summed E-state index contributed by atoms with van der Waals surface area (Å²) in [6.45, 7) is 4.15. The quantitative estimate of drug-likeness (QED) is 0.928. The molecule has 4 heteroatoms. The fourth-order valence-electron chi connectivity index (χ4n) is 2.75. The lowest BCUT2D eigenvalue weighted by atomic mass is 10.1. The molecular weight excluding hydrogens is 304 g/mol. The summed E-state index contributed by atoms with van der Waals surface area (Å²) in [6, 6.07) is 6.99. The van der Waals surface area contributed by atoms with Crippen LogP contribution in [0.3, 0.4) is 0 Å². The number of carbonyl (C=O) groups excluding carboxylic acids is 1. The maximum Gasteiger partial charge on any atom is 0.252 e. The van der Waals surface area contributed by atoms with Crippen molar-refractivity contribution in [2.24, 2.45) is 0 Å². The summed E-state index contributed by atoms with van der Waals surface area (Å²) in [4.78, 5) is 14.8. The minimum Gasteiger partial charge on any atom is -0.348 e. The molecule has 1 saturated heterocycles. The second-order valence-electron chi connectivity index (χ2n) is 5.67. The molecule has 1 heterocycles. The van der Waals surface area contributed by atoms with Gasteiger partial charge in [-0.1, -0.05) is 11.6 Å². The van der Waals surface area contributed by atoms with Gasteiger partial charge in [0.2, 0.25) is 0 Å². The Hall–Kier alpha value is -0.870. The van der Waals surface area contributed by atoms with Gasteiger partial charge < -0.3 is 5.32 Å². The summed E-state index contributed by atoms with van der Waals surface area (Å²) in [5.74, 6) is 0.0400. The first-order valence-electron chi connectivity index (χ1n) is 6.94. The smallest absolute Gasteiger partial charge is 0.252 e. The fourth-order valence-corrected chi connectivity index (χ4v) is 3.18. The molecule has 1 aromatic rings. The minimum absolute atomic E-state index is 0.0400. The number of aryl methyl sites for hydroxylation is 1. The number of carbonyl (C=O) groups is 1. The van der Waals surface area contributed by atoms with Crippen LogP contribution in [0, 0.1) is 6.92 Å². The number of amides is 1. The normalized spacial score (nSPS) is 23.6. The van der Waals surface area contributed by atoms with Crippen molar-refractivity contribution >= 4 is 21.8 Å². The third kappa shape index (κ3) is 3.00. The molecule has 1 N–H and O–H groups in total. The van der Waals surface area contributed by atoms with Crippen LogP contribution in [0.5, 0.6) is 0 Å². The highest BCUT2D eigenvalue weighted by Crippen LogP contribution is 2.30. The van der Waals surface area contributed by atoms with E-state index < -0.39 is 0 Å². The first kappa shape index (κ1) is 13.1. The van der Waals surface area contributed by atoms with Crippen LogP contribution in [0.2, 0.25) is 0 Å². The Balaban J connectivity index is 1.63. The highest BCUT2D eigenvalue weighted by atomic mass is 79.9. The first-order valence-corrected chi connectivity index (χ1v) is 7.74. The summed E-state index contributed by atoms with van der Waals surface area (Å²) >= 11 is 3.45. The molecule has 3 nitrogen and oxygen atoms in total. The molecule has 2 aliphatic rings. The van der Waals surface area contributed by atoms with Crippen molar-refractivity contribution in [2.75, 3.05) is 13.1 Å². The molecule has 19 heavy (non-hydrogen) atoms. The molecule has 3 rings (SSSR count). The summed E-state index contributed by atoms with van der Waals surface area (Å²) in [7, 11) is 0. The number of nitrogens with one attached hydrogen (secondary N) is 1. The van der Waals surface area contributed by atoms with Gasteiger partial charge in [-0.05, 0) is 54.2 Å². The van der Waals surface area contributed by atoms with E-state index >= 15 is 0 Å². The number of hydrogen-bond donors (Lipinski definition) is 1. The second kappa shape index (κ2) is 5.25. The van der Waals surface area contributed by atoms with Crippen molar-refractivity contribution in [3.63, 3.8) is 0 Å². The van der Waals surface area contributed by atoms with E-state index in [4.69, 9.17) is 0 Å². The molecule has 1 atom stereocenters. The molecule has 1 aliphatic heterocycles. The van der Waals surface area contributed by atoms with E-state index in [1.807, 2.05) is 25.1 Å². The maximum atomic E-state index is 12.3. The van der Waals surface area contributed by atoms with Crippen molar-refractivity contribution in [1.82, 2.24) is 10.2 Å². The van der Waals surface area contributed by atoms with Crippen molar-refractivity contribution in [3.8, 4) is 0 Å². The third-order valence-electron chi connectivity index (χ3n) is 3.98. The zero-order valence-electron chi connectivity index (χ0n) is 11.2. The van der Waals surface area contributed by atoms with Crippen LogP contribution in [0.25, 0.3) is 0 Å². The molecule has 102 valence electrons. The fraction of sp³-hybridized carbons (Fsp3) is 0.533. The zero-order valence-corrected chi connectivity index (χ0v) is 12.7. The van der Waals surface area contributed by atoms with Gasteiger partial charge in [-0.25, -0.2) is 0 Å². The molecular formula is C15H19BrN2O. The summed E-state index contributed by atoms with van der Waals surface area (Å²) in [5.41, 5.74) is 1.85. The summed E-state index contributed by atoms with van der Waals surface area (Å²) in [5, 5.41) is 3.17. The van der Waals surface area contributed by atoms with Crippen LogP contribution in [-0.4, -0.2) is 36.0 Å². The van der Waals surface area contributed by atoms with Crippen LogP contribution in [0.1, 0.15) is 35.2 Å². The van der Waals surface area contributed by atoms with E-state index in [1.54, 1.807) is 0 Å². The van der Waals surface area contributed by atoms with Gasteiger partial charge in [0, 0.05) is 29.6 Å². The monoisotopic (exact) mass is 322 g/mol. The second-order valence-corrected chi connectivity index (χ2v) is 6.52. The number of hydrogen-bond acceptors (Lipinski definition) is 2. The van der Waals surface area contributed by atoms with E-state index in [9.17, 15) is 4.79 Å². The van der Waals surface area contributed by atoms with E-state index in [1.165, 1.54) is 12.8 Å². The van der Waals surface area contributed by atoms with E-state index in [2.05, 4.69) is 26.1 Å². The topological polar surface area (TPSA) is 32.3 Å². The lowest BCUT2D eigenvalue weighted by Crippen LogP contribution is -2.37. The maximum absolute atomic E-state index is 12.3. The molecule has 1 aliphatic carbocycles. The van der Waals surface area contributed by atoms with Crippen LogP contribution in [0.15, 0.2) is 22.7 Å². The Morgan fingerprint density at radius 3 is 2.89 bits per heavy atom. The molecule has 0 aromatic heterocycles. The van der Waals surface area contributed by atoms with Gasteiger partial charge in [-0.2, -0.15) is 0 Å². The Morgan fingerprint density at radius 1 is 1.37 bits per heavy atom. The third-order valence-corrected chi connectivity index (χ3v) is 4.68. The number of halogens is 1. The lowest BCUT2D eigenvalue weighted by Gasteiger charge is -2.16. The SMILES string of the molecule is Cc1ccc(Br)c(C(=O)NC2CCN(C3CC3)C2)c1. The molecule has 1 unspecified atom stereocenters. The molecule has 1 aromatic carbocycles. The van der Waals surface area contributed by atoms with Crippen molar-refractivity contribution < 1.29 is 4.79 Å². The lowest BCUT2D eigenvalue weighted by molar-refractivity contribution is 0.0936. The molecule has 0 radical (unpaired) electrons. The van der Waals surface area contributed by atoms with Gasteiger partial charge in [-0.3, -0.25) is 9.69 Å². The van der Waals surface area contributed by atoms with Crippen LogP contribution in [0.4, 0.5) is 0 Å². The number of benzene rings is 1. The van der Waals surface area contributed by atoms with Crippen LogP contribution < -0.4 is 5.32 Å². The predicted molar refractivity (Wildman–Crippen MR) is 79.3 cm³/mol. The highest BCUT2D eigenvalue weighted by molar-refractivity contribution is 9.10. The molecule has 1 saturated carbocycles. The summed E-state index contributed by atoms with van der Waals surface area (Å²) in [6.07, 6.45) is 3.75. The van der Waals surface area contributed by atoms with E-state index in [0.29, 0.717) is 6.04 Å². The highest BCUT2D eigenvalue weighted by Gasteiger charge is 2.34. The Bertz CT molecular complexity index is 499. The standard InChI is InChI=1S/C15H19BrN2O/c1-10-2-5-14(16)13(8-10)15(19)17-11-6-7-18(9-11)12-3-4-12/h2,5,8,11-12H,3-4,6-7,9H2,1H3,(H,17,19). The van der Waals surface area contributed by atoms with Crippen LogP contribution in [-0.2, 0) is 0 Å². The Labute approximate surface area is 122 Å². The molecule has 1 amide bonds. The Kier molecular flexibility index (Phi) is 3.63. The van der Waals surface area contributed by atoms with Gasteiger partial charge in [-0.15, -0.1) is 0 Å². The van der Waals surface area contributed by atoms with Crippen molar-refractivity contribution in [2.45, 2.75) is 38.3 Å². The average Bonchev–Trinajstić information content (AvgIpc) is 3.13. The molecule has 0 bridgehead atoms. The first-order chi connectivity index (χ1) is 9.13. The average molecular weight is 323 g/mol. The van der Waals surface area contributed by atoms with Crippen molar-refractivity contribution in [1.29, 1.82) is 0 Å². The summed E-state index contributed by atoms with van der Waals surface area (Å²) < 4.78 is 0.868. The number of likely N-dealkylation sites (tertiary alicyclic amines) is 1. The van der Waals surface area contributed by atoms with E-state index in [-0.39, 0.29) is 5.91 Å². The van der Waals surface area contributed by atoms with Gasteiger partial charge in [0.1, 0.15) is 0 Å². The predicted octanol–water partition coefficient (Wildman–Crippen LogP) is 2.72.